The molecular formula is C18H18N4OS2. The number of amides is 1. The lowest BCUT2D eigenvalue weighted by Gasteiger charge is -2.09. The van der Waals surface area contributed by atoms with Crippen LogP contribution in [0.15, 0.2) is 48.7 Å². The van der Waals surface area contributed by atoms with Gasteiger partial charge in [-0.15, -0.1) is 33.7 Å². The minimum atomic E-state index is -0.0490. The zero-order valence-electron chi connectivity index (χ0n) is 13.6. The fourth-order valence-corrected chi connectivity index (χ4v) is 5.65. The number of nitrogens with zero attached hydrogens (tertiary/aromatic N) is 3. The van der Waals surface area contributed by atoms with Gasteiger partial charge in [-0.2, -0.15) is 0 Å². The van der Waals surface area contributed by atoms with Crippen molar-refractivity contribution in [3.8, 4) is 0 Å². The molecule has 7 heteroatoms. The van der Waals surface area contributed by atoms with Gasteiger partial charge in [-0.3, -0.25) is 9.20 Å². The van der Waals surface area contributed by atoms with Crippen molar-refractivity contribution in [1.29, 1.82) is 0 Å². The van der Waals surface area contributed by atoms with E-state index in [1.54, 1.807) is 0 Å². The van der Waals surface area contributed by atoms with Crippen LogP contribution >= 0.6 is 23.5 Å². The Balaban J connectivity index is 1.34. The lowest BCUT2D eigenvalue weighted by molar-refractivity contribution is 0.0954. The maximum Gasteiger partial charge on any atom is 0.251 e. The second kappa shape index (κ2) is 7.49. The molecule has 3 aromatic rings. The van der Waals surface area contributed by atoms with Crippen molar-refractivity contribution in [1.82, 2.24) is 19.9 Å². The Bertz CT molecular complexity index is 872. The molecule has 128 valence electrons. The van der Waals surface area contributed by atoms with E-state index in [2.05, 4.69) is 27.6 Å². The number of nitrogens with one attached hydrogen (secondary N) is 1. The van der Waals surface area contributed by atoms with Crippen LogP contribution in [0.3, 0.4) is 0 Å². The Labute approximate surface area is 154 Å². The molecule has 5 nitrogen and oxygen atoms in total. The summed E-state index contributed by atoms with van der Waals surface area (Å²) in [5.74, 6) is 3.21. The van der Waals surface area contributed by atoms with E-state index in [9.17, 15) is 4.79 Å². The van der Waals surface area contributed by atoms with Gasteiger partial charge in [0.15, 0.2) is 5.65 Å². The first-order valence-corrected chi connectivity index (χ1v) is 10.3. The predicted octanol–water partition coefficient (Wildman–Crippen LogP) is 3.18. The Morgan fingerprint density at radius 2 is 1.92 bits per heavy atom. The Morgan fingerprint density at radius 1 is 1.12 bits per heavy atom. The molecule has 1 aliphatic rings. The molecule has 0 radical (unpaired) electrons. The van der Waals surface area contributed by atoms with Crippen LogP contribution in [-0.2, 0) is 6.42 Å². The minimum absolute atomic E-state index is 0.0490. The number of pyridine rings is 1. The lowest BCUT2D eigenvalue weighted by atomic mass is 10.1. The summed E-state index contributed by atoms with van der Waals surface area (Å²) >= 11 is 3.94. The molecule has 1 aromatic carbocycles. The molecule has 1 saturated heterocycles. The summed E-state index contributed by atoms with van der Waals surface area (Å²) in [4.78, 5) is 12.3. The molecule has 0 unspecified atom stereocenters. The summed E-state index contributed by atoms with van der Waals surface area (Å²) in [6, 6.07) is 13.8. The Morgan fingerprint density at radius 3 is 2.72 bits per heavy atom. The molecule has 0 aliphatic carbocycles. The molecule has 4 rings (SSSR count). The number of carbonyl (C=O) groups excluding carboxylic acids is 1. The van der Waals surface area contributed by atoms with Crippen LogP contribution in [0.4, 0.5) is 0 Å². The Kier molecular flexibility index (Phi) is 4.94. The first kappa shape index (κ1) is 16.5. The maximum atomic E-state index is 12.3. The third kappa shape index (κ3) is 3.67. The first-order valence-electron chi connectivity index (χ1n) is 8.21. The van der Waals surface area contributed by atoms with E-state index in [-0.39, 0.29) is 5.91 Å². The molecular weight excluding hydrogens is 352 g/mol. The van der Waals surface area contributed by atoms with Gasteiger partial charge in [-0.05, 0) is 29.8 Å². The molecule has 2 aromatic heterocycles. The summed E-state index contributed by atoms with van der Waals surface area (Å²) in [5.41, 5.74) is 2.81. The number of benzene rings is 1. The van der Waals surface area contributed by atoms with Gasteiger partial charge in [-0.1, -0.05) is 18.2 Å². The number of fused-ring (bicyclic) bond motifs is 1. The number of rotatable bonds is 5. The first-order chi connectivity index (χ1) is 12.3. The highest BCUT2D eigenvalue weighted by molar-refractivity contribution is 8.19. The molecule has 3 heterocycles. The minimum Gasteiger partial charge on any atom is -0.352 e. The SMILES string of the molecule is O=C(NCCc1nnc2ccccn12)c1ccc(C2SCCS2)cc1. The average molecular weight is 371 g/mol. The van der Waals surface area contributed by atoms with Crippen molar-refractivity contribution >= 4 is 35.1 Å². The molecule has 0 spiro atoms. The maximum absolute atomic E-state index is 12.3. The van der Waals surface area contributed by atoms with Crippen LogP contribution in [0.1, 0.15) is 26.3 Å². The van der Waals surface area contributed by atoms with E-state index in [0.717, 1.165) is 11.5 Å². The quantitative estimate of drug-likeness (QED) is 0.747. The standard InChI is InChI=1S/C18H18N4OS2/c23-17(13-4-6-14(7-5-13)18-24-11-12-25-18)19-9-8-16-21-20-15-3-1-2-10-22(15)16/h1-7,10,18H,8-9,11-12H2,(H,19,23). The lowest BCUT2D eigenvalue weighted by Crippen LogP contribution is -2.26. The molecule has 25 heavy (non-hydrogen) atoms. The smallest absolute Gasteiger partial charge is 0.251 e. The highest BCUT2D eigenvalue weighted by atomic mass is 32.2. The van der Waals surface area contributed by atoms with Crippen LogP contribution in [0.2, 0.25) is 0 Å². The zero-order valence-corrected chi connectivity index (χ0v) is 15.2. The van der Waals surface area contributed by atoms with Crippen LogP contribution in [0.25, 0.3) is 5.65 Å². The summed E-state index contributed by atoms with van der Waals surface area (Å²) in [6.45, 7) is 0.532. The number of hydrogen-bond donors (Lipinski definition) is 1. The largest absolute Gasteiger partial charge is 0.352 e. The number of aromatic nitrogens is 3. The fraction of sp³-hybridized carbons (Fsp3) is 0.278. The molecule has 1 aliphatic heterocycles. The van der Waals surface area contributed by atoms with Crippen molar-refractivity contribution in [2.24, 2.45) is 0 Å². The van der Waals surface area contributed by atoms with Crippen LogP contribution < -0.4 is 5.32 Å². The van der Waals surface area contributed by atoms with Gasteiger partial charge < -0.3 is 5.32 Å². The second-order valence-electron chi connectivity index (χ2n) is 5.75. The van der Waals surface area contributed by atoms with E-state index in [1.807, 2.05) is 64.5 Å². The van der Waals surface area contributed by atoms with E-state index >= 15 is 0 Å². The van der Waals surface area contributed by atoms with Crippen molar-refractivity contribution in [2.75, 3.05) is 18.1 Å². The Hall–Kier alpha value is -1.99. The van der Waals surface area contributed by atoms with Gasteiger partial charge in [0, 0.05) is 36.2 Å². The summed E-state index contributed by atoms with van der Waals surface area (Å²) in [5, 5.41) is 11.3. The van der Waals surface area contributed by atoms with Gasteiger partial charge in [-0.25, -0.2) is 0 Å². The molecule has 1 amide bonds. The summed E-state index contributed by atoms with van der Waals surface area (Å²) < 4.78 is 2.45. The van der Waals surface area contributed by atoms with Gasteiger partial charge in [0.05, 0.1) is 4.58 Å². The molecule has 0 atom stereocenters. The normalized spacial score (nSPS) is 14.9. The third-order valence-electron chi connectivity index (χ3n) is 4.09. The van der Waals surface area contributed by atoms with Gasteiger partial charge in [0.1, 0.15) is 5.82 Å². The van der Waals surface area contributed by atoms with Crippen LogP contribution in [-0.4, -0.2) is 38.6 Å². The van der Waals surface area contributed by atoms with Gasteiger partial charge in [0.25, 0.3) is 5.91 Å². The number of carbonyl (C=O) groups is 1. The van der Waals surface area contributed by atoms with E-state index < -0.39 is 0 Å². The number of thioether (sulfide) groups is 2. The van der Waals surface area contributed by atoms with E-state index in [4.69, 9.17) is 0 Å². The zero-order chi connectivity index (χ0) is 17.1. The van der Waals surface area contributed by atoms with Crippen molar-refractivity contribution in [3.05, 3.63) is 65.6 Å². The topological polar surface area (TPSA) is 59.3 Å². The molecule has 0 saturated carbocycles. The van der Waals surface area contributed by atoms with Crippen LogP contribution in [0.5, 0.6) is 0 Å². The molecule has 0 bridgehead atoms. The average Bonchev–Trinajstić information content (AvgIpc) is 3.32. The van der Waals surface area contributed by atoms with E-state index in [0.29, 0.717) is 23.1 Å². The summed E-state index contributed by atoms with van der Waals surface area (Å²) in [6.07, 6.45) is 2.58. The van der Waals surface area contributed by atoms with Crippen molar-refractivity contribution < 1.29 is 4.79 Å². The molecule has 1 N–H and O–H groups in total. The van der Waals surface area contributed by atoms with Gasteiger partial charge in [0.2, 0.25) is 0 Å². The van der Waals surface area contributed by atoms with E-state index in [1.165, 1.54) is 17.1 Å². The predicted molar refractivity (Wildman–Crippen MR) is 103 cm³/mol. The van der Waals surface area contributed by atoms with Crippen molar-refractivity contribution in [2.45, 2.75) is 11.0 Å². The third-order valence-corrected chi connectivity index (χ3v) is 7.19. The van der Waals surface area contributed by atoms with Crippen molar-refractivity contribution in [3.63, 3.8) is 0 Å². The highest BCUT2D eigenvalue weighted by Crippen LogP contribution is 2.45. The number of hydrogen-bond acceptors (Lipinski definition) is 5. The monoisotopic (exact) mass is 370 g/mol. The van der Waals surface area contributed by atoms with Gasteiger partial charge >= 0.3 is 0 Å². The molecule has 1 fully saturated rings. The fourth-order valence-electron chi connectivity index (χ4n) is 2.79. The highest BCUT2D eigenvalue weighted by Gasteiger charge is 2.18. The second-order valence-corrected chi connectivity index (χ2v) is 8.47. The summed E-state index contributed by atoms with van der Waals surface area (Å²) in [7, 11) is 0. The van der Waals surface area contributed by atoms with Crippen LogP contribution in [0, 0.1) is 0 Å².